The average molecular weight is 513 g/mol. The number of fused-ring (bicyclic) bond motifs is 1. The van der Waals surface area contributed by atoms with E-state index in [1.807, 2.05) is 12.1 Å². The summed E-state index contributed by atoms with van der Waals surface area (Å²) in [7, 11) is 0. The number of hydrogen-bond donors (Lipinski definition) is 2. The number of imide groups is 1. The normalized spacial score (nSPS) is 16.6. The van der Waals surface area contributed by atoms with Gasteiger partial charge in [0, 0.05) is 55.1 Å². The molecule has 3 rings (SSSR count). The van der Waals surface area contributed by atoms with Crippen molar-refractivity contribution in [3.8, 4) is 11.8 Å². The first-order valence-corrected chi connectivity index (χ1v) is 12.3. The molecule has 1 aromatic rings. The number of piperidine rings is 1. The molecule has 0 saturated carbocycles. The van der Waals surface area contributed by atoms with Crippen LogP contribution in [-0.2, 0) is 30.3 Å². The number of azide groups is 1. The highest BCUT2D eigenvalue weighted by Gasteiger charge is 2.38. The molecule has 1 atom stereocenters. The first kappa shape index (κ1) is 28.1. The standard InChI is InChI=1S/C25H32N6O6/c26-30-28-10-12-36-14-16-37-15-13-35-11-9-27-8-2-1-3-19-4-5-21-20(17-19)18-31(25(21)34)22-6-7-23(32)29-24(22)33/h4-5,17,22,27H,2,6-16,18H2,(H,29,32,33). The van der Waals surface area contributed by atoms with E-state index in [2.05, 4.69) is 32.5 Å². The van der Waals surface area contributed by atoms with Gasteiger partial charge < -0.3 is 24.4 Å². The minimum atomic E-state index is -0.614. The van der Waals surface area contributed by atoms with Gasteiger partial charge in [-0.05, 0) is 35.7 Å². The fourth-order valence-electron chi connectivity index (χ4n) is 3.93. The summed E-state index contributed by atoms with van der Waals surface area (Å²) in [6, 6.07) is 4.85. The molecule has 198 valence electrons. The Morgan fingerprint density at radius 3 is 2.59 bits per heavy atom. The summed E-state index contributed by atoms with van der Waals surface area (Å²) in [5.74, 6) is 5.36. The van der Waals surface area contributed by atoms with Crippen molar-refractivity contribution in [2.75, 3.05) is 59.3 Å². The van der Waals surface area contributed by atoms with Crippen LogP contribution in [0.1, 0.15) is 40.7 Å². The van der Waals surface area contributed by atoms with E-state index in [4.69, 9.17) is 19.7 Å². The summed E-state index contributed by atoms with van der Waals surface area (Å²) in [4.78, 5) is 40.5. The molecule has 0 spiro atoms. The number of carbonyl (C=O) groups is 3. The Bertz CT molecular complexity index is 1060. The van der Waals surface area contributed by atoms with Crippen LogP contribution in [0, 0.1) is 11.8 Å². The zero-order valence-corrected chi connectivity index (χ0v) is 20.7. The molecule has 2 aliphatic heterocycles. The van der Waals surface area contributed by atoms with Crippen molar-refractivity contribution in [2.45, 2.75) is 31.8 Å². The lowest BCUT2D eigenvalue weighted by Crippen LogP contribution is -2.52. The number of amides is 3. The predicted molar refractivity (Wildman–Crippen MR) is 133 cm³/mol. The predicted octanol–water partition coefficient (Wildman–Crippen LogP) is 1.14. The molecule has 2 heterocycles. The first-order chi connectivity index (χ1) is 18.1. The van der Waals surface area contributed by atoms with Gasteiger partial charge in [-0.15, -0.1) is 0 Å². The fraction of sp³-hybridized carbons (Fsp3) is 0.560. The lowest BCUT2D eigenvalue weighted by Gasteiger charge is -2.29. The molecular weight excluding hydrogens is 480 g/mol. The quantitative estimate of drug-likeness (QED) is 0.0891. The Balaban J connectivity index is 1.24. The largest absolute Gasteiger partial charge is 0.379 e. The van der Waals surface area contributed by atoms with E-state index in [-0.39, 0.29) is 18.2 Å². The van der Waals surface area contributed by atoms with Gasteiger partial charge in [0.1, 0.15) is 6.04 Å². The highest BCUT2D eigenvalue weighted by atomic mass is 16.5. The van der Waals surface area contributed by atoms with E-state index in [9.17, 15) is 14.4 Å². The van der Waals surface area contributed by atoms with Crippen molar-refractivity contribution in [1.82, 2.24) is 15.5 Å². The van der Waals surface area contributed by atoms with E-state index >= 15 is 0 Å². The Labute approximate surface area is 215 Å². The average Bonchev–Trinajstić information content (AvgIpc) is 3.21. The molecule has 0 aliphatic carbocycles. The third kappa shape index (κ3) is 9.17. The number of nitrogens with zero attached hydrogens (tertiary/aromatic N) is 4. The summed E-state index contributed by atoms with van der Waals surface area (Å²) in [5, 5.41) is 8.95. The van der Waals surface area contributed by atoms with Crippen LogP contribution in [0.25, 0.3) is 10.4 Å². The molecule has 37 heavy (non-hydrogen) atoms. The number of carbonyl (C=O) groups excluding carboxylic acids is 3. The highest BCUT2D eigenvalue weighted by molar-refractivity contribution is 6.05. The summed E-state index contributed by atoms with van der Waals surface area (Å²) >= 11 is 0. The van der Waals surface area contributed by atoms with E-state index in [0.717, 1.165) is 17.7 Å². The van der Waals surface area contributed by atoms with E-state index in [1.165, 1.54) is 4.90 Å². The second kappa shape index (κ2) is 15.6. The third-order valence-corrected chi connectivity index (χ3v) is 5.75. The lowest BCUT2D eigenvalue weighted by atomic mass is 10.0. The van der Waals surface area contributed by atoms with Crippen LogP contribution in [0.5, 0.6) is 0 Å². The number of rotatable bonds is 15. The van der Waals surface area contributed by atoms with Crippen molar-refractivity contribution in [3.05, 3.63) is 45.3 Å². The lowest BCUT2D eigenvalue weighted by molar-refractivity contribution is -0.136. The van der Waals surface area contributed by atoms with E-state index < -0.39 is 11.9 Å². The van der Waals surface area contributed by atoms with Gasteiger partial charge >= 0.3 is 0 Å². The molecule has 2 aliphatic rings. The van der Waals surface area contributed by atoms with Crippen LogP contribution >= 0.6 is 0 Å². The molecular formula is C25H32N6O6. The number of benzene rings is 1. The molecule has 12 nitrogen and oxygen atoms in total. The Morgan fingerprint density at radius 1 is 1.08 bits per heavy atom. The monoisotopic (exact) mass is 512 g/mol. The third-order valence-electron chi connectivity index (χ3n) is 5.75. The number of hydrogen-bond acceptors (Lipinski definition) is 8. The van der Waals surface area contributed by atoms with Gasteiger partial charge in [0.05, 0.1) is 39.6 Å². The fourth-order valence-corrected chi connectivity index (χ4v) is 3.93. The van der Waals surface area contributed by atoms with Gasteiger partial charge in [-0.2, -0.15) is 0 Å². The zero-order chi connectivity index (χ0) is 26.3. The minimum absolute atomic E-state index is 0.185. The van der Waals surface area contributed by atoms with E-state index in [0.29, 0.717) is 77.7 Å². The molecule has 1 aromatic carbocycles. The second-order valence-corrected chi connectivity index (χ2v) is 8.37. The molecule has 1 fully saturated rings. The van der Waals surface area contributed by atoms with Gasteiger partial charge in [0.25, 0.3) is 5.91 Å². The van der Waals surface area contributed by atoms with Crippen LogP contribution < -0.4 is 10.6 Å². The van der Waals surface area contributed by atoms with Crippen LogP contribution in [0.4, 0.5) is 0 Å². The summed E-state index contributed by atoms with van der Waals surface area (Å²) in [5.41, 5.74) is 10.4. The van der Waals surface area contributed by atoms with E-state index in [1.54, 1.807) is 6.07 Å². The molecule has 1 saturated heterocycles. The molecule has 0 radical (unpaired) electrons. The topological polar surface area (TPSA) is 155 Å². The maximum Gasteiger partial charge on any atom is 0.255 e. The Hall–Kier alpha value is -3.46. The van der Waals surface area contributed by atoms with Crippen molar-refractivity contribution in [3.63, 3.8) is 0 Å². The molecule has 0 bridgehead atoms. The van der Waals surface area contributed by atoms with Crippen molar-refractivity contribution in [2.24, 2.45) is 5.11 Å². The zero-order valence-electron chi connectivity index (χ0n) is 20.7. The molecule has 12 heteroatoms. The van der Waals surface area contributed by atoms with Crippen LogP contribution in [0.3, 0.4) is 0 Å². The van der Waals surface area contributed by atoms with Gasteiger partial charge in [0.2, 0.25) is 11.8 Å². The molecule has 0 aromatic heterocycles. The molecule has 1 unspecified atom stereocenters. The summed E-state index contributed by atoms with van der Waals surface area (Å²) < 4.78 is 16.1. The van der Waals surface area contributed by atoms with Crippen molar-refractivity contribution < 1.29 is 28.6 Å². The van der Waals surface area contributed by atoms with Gasteiger partial charge in [-0.3, -0.25) is 19.7 Å². The van der Waals surface area contributed by atoms with Gasteiger partial charge in [0.15, 0.2) is 0 Å². The summed E-state index contributed by atoms with van der Waals surface area (Å²) in [6.07, 6.45) is 1.25. The van der Waals surface area contributed by atoms with Crippen molar-refractivity contribution >= 4 is 17.7 Å². The summed E-state index contributed by atoms with van der Waals surface area (Å²) in [6.45, 7) is 4.97. The number of nitrogens with one attached hydrogen (secondary N) is 2. The number of ether oxygens (including phenoxy) is 3. The van der Waals surface area contributed by atoms with Crippen LogP contribution in [-0.4, -0.2) is 87.9 Å². The van der Waals surface area contributed by atoms with Gasteiger partial charge in [-0.1, -0.05) is 17.0 Å². The minimum Gasteiger partial charge on any atom is -0.379 e. The maximum atomic E-state index is 12.7. The highest BCUT2D eigenvalue weighted by Crippen LogP contribution is 2.28. The van der Waals surface area contributed by atoms with Gasteiger partial charge in [-0.25, -0.2) is 0 Å². The SMILES string of the molecule is [N-]=[N+]=NCCOCCOCCOCCNCCC#Cc1ccc2c(c1)CN(C1CCC(=O)NC1=O)C2=O. The van der Waals surface area contributed by atoms with Crippen LogP contribution in [0.15, 0.2) is 23.3 Å². The Kier molecular flexibility index (Phi) is 11.9. The smallest absolute Gasteiger partial charge is 0.255 e. The Morgan fingerprint density at radius 2 is 1.84 bits per heavy atom. The first-order valence-electron chi connectivity index (χ1n) is 12.3. The molecule has 2 N–H and O–H groups in total. The van der Waals surface area contributed by atoms with Crippen LogP contribution in [0.2, 0.25) is 0 Å². The second-order valence-electron chi connectivity index (χ2n) is 8.37. The maximum absolute atomic E-state index is 12.7. The molecule has 3 amide bonds. The van der Waals surface area contributed by atoms with Crippen molar-refractivity contribution in [1.29, 1.82) is 0 Å².